The van der Waals surface area contributed by atoms with Crippen molar-refractivity contribution in [3.8, 4) is 0 Å². The fourth-order valence-electron chi connectivity index (χ4n) is 8.60. The number of unbranched alkanes of at least 4 members (excludes halogenated alkanes) is 32. The fraction of sp³-hybridized carbons (Fsp3) is 0.625. The number of hydrogen-bond donors (Lipinski definition) is 0. The van der Waals surface area contributed by atoms with Crippen molar-refractivity contribution in [1.82, 2.24) is 0 Å². The molecule has 14 nitrogen and oxygen atoms in total. The minimum Gasteiger partial charge on any atom is -0.744 e. The van der Waals surface area contributed by atoms with Gasteiger partial charge in [-0.1, -0.05) is 207 Å². The molecule has 0 unspecified atom stereocenters. The molecule has 0 aliphatic heterocycles. The molecule has 0 fully saturated rings. The minimum atomic E-state index is -4.83. The molecular formula is C64H98CaO14S2. The Morgan fingerprint density at radius 2 is 0.531 bits per heavy atom. The number of esters is 4. The van der Waals surface area contributed by atoms with E-state index in [2.05, 4.69) is 27.7 Å². The summed E-state index contributed by atoms with van der Waals surface area (Å²) >= 11 is 0. The van der Waals surface area contributed by atoms with E-state index >= 15 is 0 Å². The van der Waals surface area contributed by atoms with Gasteiger partial charge in [-0.05, 0) is 112 Å². The molecular weight excluding hydrogens is 1100 g/mol. The number of allylic oxidation sites excluding steroid dienone is 4. The first-order valence-electron chi connectivity index (χ1n) is 30.3. The van der Waals surface area contributed by atoms with E-state index < -0.39 is 53.9 Å². The molecule has 2 aromatic rings. The van der Waals surface area contributed by atoms with Gasteiger partial charge in [0.1, 0.15) is 20.2 Å². The Kier molecular flexibility index (Phi) is 48.6. The van der Waals surface area contributed by atoms with Gasteiger partial charge in [0, 0.05) is 0 Å². The quantitative estimate of drug-likeness (QED) is 0.0150. The second kappa shape index (κ2) is 50.8. The largest absolute Gasteiger partial charge is 2.00 e. The molecule has 0 radical (unpaired) electrons. The number of benzene rings is 2. The van der Waals surface area contributed by atoms with Crippen molar-refractivity contribution < 1.29 is 64.1 Å². The molecule has 0 aromatic heterocycles. The van der Waals surface area contributed by atoms with Crippen molar-refractivity contribution in [2.75, 3.05) is 0 Å². The van der Waals surface area contributed by atoms with Crippen molar-refractivity contribution in [3.05, 3.63) is 108 Å². The molecule has 0 spiro atoms. The summed E-state index contributed by atoms with van der Waals surface area (Å²) in [5, 5.41) is 0. The normalized spacial score (nSPS) is 11.7. The topological polar surface area (TPSA) is 220 Å². The van der Waals surface area contributed by atoms with Crippen LogP contribution in [0.25, 0.3) is 0 Å². The van der Waals surface area contributed by atoms with Crippen molar-refractivity contribution in [3.63, 3.8) is 0 Å². The van der Waals surface area contributed by atoms with Crippen LogP contribution in [-0.2, 0) is 39.2 Å². The van der Waals surface area contributed by atoms with Crippen LogP contribution >= 0.6 is 0 Å². The van der Waals surface area contributed by atoms with Gasteiger partial charge in [0.25, 0.3) is 0 Å². The Labute approximate surface area is 518 Å². The van der Waals surface area contributed by atoms with E-state index in [1.54, 1.807) is 24.3 Å². The third-order valence-electron chi connectivity index (χ3n) is 13.4. The van der Waals surface area contributed by atoms with E-state index in [0.717, 1.165) is 113 Å². The molecule has 0 aliphatic rings. The molecule has 2 rings (SSSR count). The average Bonchev–Trinajstić information content (AvgIpc) is 3.46. The fourth-order valence-corrected chi connectivity index (χ4v) is 9.60. The zero-order valence-corrected chi connectivity index (χ0v) is 53.6. The minimum absolute atomic E-state index is 0. The Morgan fingerprint density at radius 3 is 0.741 bits per heavy atom. The van der Waals surface area contributed by atoms with Crippen LogP contribution in [0.5, 0.6) is 0 Å². The summed E-state index contributed by atoms with van der Waals surface area (Å²) in [4.78, 5) is 49.4. The zero-order chi connectivity index (χ0) is 59.0. The molecule has 2 aromatic carbocycles. The molecule has 0 saturated heterocycles. The standard InChI is InChI=1S/2C32H50O7S.Ca/c2*1-3-5-7-9-11-13-15-17-19-21-25-38-31(33)29-24-23-28(40(35,36)37)27-30(29)32(34)39-26-22-20-18-16-14-12-10-8-6-4-2;/h2*21-27H,3-20H2,1-2H3,(H,35,36,37);/q;;+2/p-2/b2*25-21+,26-22+;. The molecule has 0 heterocycles. The monoisotopic (exact) mass is 1190 g/mol. The van der Waals surface area contributed by atoms with Gasteiger partial charge in [0.05, 0.1) is 57.1 Å². The first kappa shape index (κ1) is 77.4. The zero-order valence-electron chi connectivity index (χ0n) is 49.8. The van der Waals surface area contributed by atoms with Gasteiger partial charge < -0.3 is 28.1 Å². The maximum atomic E-state index is 12.7. The van der Waals surface area contributed by atoms with E-state index in [1.807, 2.05) is 0 Å². The van der Waals surface area contributed by atoms with E-state index in [1.165, 1.54) is 179 Å². The summed E-state index contributed by atoms with van der Waals surface area (Å²) in [6, 6.07) is 5.88. The first-order chi connectivity index (χ1) is 38.6. The number of carbonyl (C=O) groups excluding carboxylic acids is 4. The second-order valence-electron chi connectivity index (χ2n) is 20.5. The number of ether oxygens (including phenoxy) is 4. The predicted octanol–water partition coefficient (Wildman–Crippen LogP) is 17.6. The van der Waals surface area contributed by atoms with Crippen LogP contribution < -0.4 is 0 Å². The summed E-state index contributed by atoms with van der Waals surface area (Å²) in [5.74, 6) is -3.55. The average molecular weight is 1200 g/mol. The summed E-state index contributed by atoms with van der Waals surface area (Å²) in [6.45, 7) is 8.81. The van der Waals surface area contributed by atoms with Crippen LogP contribution in [0.1, 0.15) is 300 Å². The maximum Gasteiger partial charge on any atom is 2.00 e. The molecule has 0 N–H and O–H groups in total. The van der Waals surface area contributed by atoms with E-state index in [-0.39, 0.29) is 60.0 Å². The predicted molar refractivity (Wildman–Crippen MR) is 322 cm³/mol. The van der Waals surface area contributed by atoms with Crippen molar-refractivity contribution in [1.29, 1.82) is 0 Å². The van der Waals surface area contributed by atoms with E-state index in [9.17, 15) is 45.1 Å². The number of rotatable bonds is 46. The summed E-state index contributed by atoms with van der Waals surface area (Å²) in [5.41, 5.74) is -1.03. The van der Waals surface area contributed by atoms with Gasteiger partial charge in [-0.25, -0.2) is 36.0 Å². The maximum absolute atomic E-state index is 12.7. The molecule has 0 amide bonds. The summed E-state index contributed by atoms with van der Waals surface area (Å²) in [6.07, 6.45) is 53.2. The molecule has 0 saturated carbocycles. The van der Waals surface area contributed by atoms with Crippen LogP contribution in [-0.4, -0.2) is 87.6 Å². The third kappa shape index (κ3) is 40.3. The van der Waals surface area contributed by atoms with Crippen LogP contribution in [0, 0.1) is 0 Å². The van der Waals surface area contributed by atoms with Gasteiger partial charge in [-0.15, -0.1) is 0 Å². The van der Waals surface area contributed by atoms with Gasteiger partial charge in [-0.3, -0.25) is 0 Å². The molecule has 17 heteroatoms. The van der Waals surface area contributed by atoms with Gasteiger partial charge >= 0.3 is 61.6 Å². The van der Waals surface area contributed by atoms with Crippen LogP contribution in [0.3, 0.4) is 0 Å². The summed E-state index contributed by atoms with van der Waals surface area (Å²) in [7, 11) is -9.66. The Bertz CT molecular complexity index is 2200. The van der Waals surface area contributed by atoms with Crippen LogP contribution in [0.15, 0.2) is 95.5 Å². The molecule has 0 bridgehead atoms. The SMILES string of the molecule is CCCCCCCCCC/C=C/OC(=O)c1ccc(S(=O)(=O)[O-])cc1C(=O)O/C=C/CCCCCCCCCC.CCCCCCCCCC/C=C/OC(=O)c1ccc(S(=O)(=O)[O-])cc1C(=O)O/C=C/CCCCCCCCCC.[Ca+2]. The smallest absolute Gasteiger partial charge is 0.744 e. The number of carbonyl (C=O) groups is 4. The van der Waals surface area contributed by atoms with E-state index in [0.29, 0.717) is 0 Å². The summed E-state index contributed by atoms with van der Waals surface area (Å²) < 4.78 is 89.5. The third-order valence-corrected chi connectivity index (χ3v) is 15.1. The Morgan fingerprint density at radius 1 is 0.333 bits per heavy atom. The first-order valence-corrected chi connectivity index (χ1v) is 33.1. The number of hydrogen-bond acceptors (Lipinski definition) is 14. The van der Waals surface area contributed by atoms with Gasteiger partial charge in [0.2, 0.25) is 0 Å². The van der Waals surface area contributed by atoms with Gasteiger partial charge in [0.15, 0.2) is 0 Å². The Balaban J connectivity index is 0.00000156. The van der Waals surface area contributed by atoms with Crippen molar-refractivity contribution >= 4 is 81.9 Å². The Hall–Kier alpha value is -3.64. The van der Waals surface area contributed by atoms with Crippen LogP contribution in [0.2, 0.25) is 0 Å². The van der Waals surface area contributed by atoms with Gasteiger partial charge in [-0.2, -0.15) is 0 Å². The molecule has 0 atom stereocenters. The van der Waals surface area contributed by atoms with Crippen molar-refractivity contribution in [2.45, 2.75) is 269 Å². The second-order valence-corrected chi connectivity index (χ2v) is 23.2. The molecule has 81 heavy (non-hydrogen) atoms. The van der Waals surface area contributed by atoms with Crippen LogP contribution in [0.4, 0.5) is 0 Å². The van der Waals surface area contributed by atoms with Crippen molar-refractivity contribution in [2.24, 2.45) is 0 Å². The van der Waals surface area contributed by atoms with E-state index in [4.69, 9.17) is 18.9 Å². The molecule has 452 valence electrons. The molecule has 0 aliphatic carbocycles.